The number of carbonyl (C=O) groups is 2. The molecule has 0 saturated carbocycles. The third-order valence-corrected chi connectivity index (χ3v) is 2.53. The molecule has 0 fully saturated rings. The lowest BCUT2D eigenvalue weighted by atomic mass is 10.1. The van der Waals surface area contributed by atoms with E-state index in [0.717, 1.165) is 11.1 Å². The van der Waals surface area contributed by atoms with E-state index in [9.17, 15) is 9.59 Å². The lowest BCUT2D eigenvalue weighted by Crippen LogP contribution is -2.21. The molecule has 1 aromatic rings. The second-order valence-corrected chi connectivity index (χ2v) is 5.95. The van der Waals surface area contributed by atoms with Crippen molar-refractivity contribution in [3.05, 3.63) is 35.4 Å². The molecule has 7 heteroatoms. The summed E-state index contributed by atoms with van der Waals surface area (Å²) in [5, 5.41) is 0. The lowest BCUT2D eigenvalue weighted by Gasteiger charge is -2.10. The fourth-order valence-corrected chi connectivity index (χ4v) is 1.31. The molecule has 0 radical (unpaired) electrons. The molecule has 0 bridgehead atoms. The maximum Gasteiger partial charge on any atom is 0.358 e. The van der Waals surface area contributed by atoms with E-state index in [1.807, 2.05) is 0 Å². The molecule has 0 heterocycles. The van der Waals surface area contributed by atoms with Crippen molar-refractivity contribution >= 4 is 46.7 Å². The maximum absolute atomic E-state index is 11.2. The van der Waals surface area contributed by atoms with Crippen molar-refractivity contribution in [1.29, 1.82) is 0 Å². The molecular formula is C12H11Cl3O4. The zero-order valence-electron chi connectivity index (χ0n) is 9.99. The van der Waals surface area contributed by atoms with Gasteiger partial charge in [0.1, 0.15) is 13.2 Å². The van der Waals surface area contributed by atoms with Crippen LogP contribution in [0.1, 0.15) is 18.1 Å². The molecule has 0 aromatic heterocycles. The maximum atomic E-state index is 11.2. The lowest BCUT2D eigenvalue weighted by molar-refractivity contribution is -0.144. The Balaban J connectivity index is 2.49. The van der Waals surface area contributed by atoms with Gasteiger partial charge < -0.3 is 9.47 Å². The molecule has 0 aliphatic heterocycles. The zero-order chi connectivity index (χ0) is 14.5. The minimum Gasteiger partial charge on any atom is -0.461 e. The van der Waals surface area contributed by atoms with E-state index in [-0.39, 0.29) is 19.2 Å². The molecule has 0 amide bonds. The van der Waals surface area contributed by atoms with Crippen molar-refractivity contribution in [2.75, 3.05) is 0 Å². The number of alkyl halides is 3. The first-order valence-corrected chi connectivity index (χ1v) is 6.37. The van der Waals surface area contributed by atoms with Crippen LogP contribution in [-0.4, -0.2) is 15.7 Å². The third kappa shape index (κ3) is 6.14. The second kappa shape index (κ2) is 6.98. The molecule has 0 aliphatic carbocycles. The fourth-order valence-electron chi connectivity index (χ4n) is 1.15. The van der Waals surface area contributed by atoms with Gasteiger partial charge in [0.05, 0.1) is 0 Å². The number of esters is 2. The number of carbonyl (C=O) groups excluding carboxylic acids is 2. The summed E-state index contributed by atoms with van der Waals surface area (Å²) >= 11 is 16.1. The molecule has 0 unspecified atom stereocenters. The van der Waals surface area contributed by atoms with Crippen LogP contribution in [0.5, 0.6) is 0 Å². The summed E-state index contributed by atoms with van der Waals surface area (Å²) < 4.78 is 7.57. The summed E-state index contributed by atoms with van der Waals surface area (Å²) in [6.45, 7) is 1.54. The van der Waals surface area contributed by atoms with Gasteiger partial charge in [0.25, 0.3) is 3.79 Å². The van der Waals surface area contributed by atoms with Crippen molar-refractivity contribution < 1.29 is 19.1 Å². The van der Waals surface area contributed by atoms with Gasteiger partial charge >= 0.3 is 11.9 Å². The largest absolute Gasteiger partial charge is 0.461 e. The Kier molecular flexibility index (Phi) is 5.91. The molecule has 1 aromatic carbocycles. The zero-order valence-corrected chi connectivity index (χ0v) is 12.3. The van der Waals surface area contributed by atoms with Crippen LogP contribution < -0.4 is 0 Å². The van der Waals surface area contributed by atoms with Crippen molar-refractivity contribution in [3.8, 4) is 0 Å². The number of ether oxygens (including phenoxy) is 2. The Morgan fingerprint density at radius 3 is 1.79 bits per heavy atom. The van der Waals surface area contributed by atoms with Gasteiger partial charge in [0.15, 0.2) is 0 Å². The predicted octanol–water partition coefficient (Wildman–Crippen LogP) is 3.16. The third-order valence-electron chi connectivity index (χ3n) is 2.07. The van der Waals surface area contributed by atoms with E-state index >= 15 is 0 Å². The Labute approximate surface area is 125 Å². The van der Waals surface area contributed by atoms with Gasteiger partial charge in [-0.2, -0.15) is 0 Å². The highest BCUT2D eigenvalue weighted by molar-refractivity contribution is 6.75. The van der Waals surface area contributed by atoms with Crippen LogP contribution in [-0.2, 0) is 32.3 Å². The Hall–Kier alpha value is -0.970. The summed E-state index contributed by atoms with van der Waals surface area (Å²) in [4.78, 5) is 21.8. The highest BCUT2D eigenvalue weighted by Gasteiger charge is 2.32. The quantitative estimate of drug-likeness (QED) is 0.630. The standard InChI is InChI=1S/C12H11Cl3O4/c1-8(16)18-6-9-2-4-10(5-3-9)7-19-11(17)12(13,14)15/h2-5H,6-7H2,1H3. The van der Waals surface area contributed by atoms with Gasteiger partial charge in [-0.1, -0.05) is 59.1 Å². The molecule has 4 nitrogen and oxygen atoms in total. The van der Waals surface area contributed by atoms with E-state index in [4.69, 9.17) is 44.3 Å². The smallest absolute Gasteiger partial charge is 0.358 e. The number of halogens is 3. The predicted molar refractivity (Wildman–Crippen MR) is 72.0 cm³/mol. The van der Waals surface area contributed by atoms with Gasteiger partial charge in [-0.25, -0.2) is 4.79 Å². The number of hydrogen-bond donors (Lipinski definition) is 0. The molecule has 1 rings (SSSR count). The summed E-state index contributed by atoms with van der Waals surface area (Å²) in [6.07, 6.45) is 0. The molecule has 0 atom stereocenters. The van der Waals surface area contributed by atoms with Crippen LogP contribution >= 0.6 is 34.8 Å². The van der Waals surface area contributed by atoms with Gasteiger partial charge in [-0.3, -0.25) is 4.79 Å². The molecule has 0 N–H and O–H groups in total. The van der Waals surface area contributed by atoms with E-state index in [2.05, 4.69) is 0 Å². The summed E-state index contributed by atoms with van der Waals surface area (Å²) in [5.74, 6) is -1.28. The highest BCUT2D eigenvalue weighted by Crippen LogP contribution is 2.27. The minimum absolute atomic E-state index is 0.000584. The summed E-state index contributed by atoms with van der Waals surface area (Å²) in [5.41, 5.74) is 1.56. The minimum atomic E-state index is -2.07. The van der Waals surface area contributed by atoms with Crippen LogP contribution in [0.3, 0.4) is 0 Å². The van der Waals surface area contributed by atoms with Gasteiger partial charge in [-0.15, -0.1) is 0 Å². The Morgan fingerprint density at radius 2 is 1.42 bits per heavy atom. The van der Waals surface area contributed by atoms with Crippen LogP contribution in [0, 0.1) is 0 Å². The van der Waals surface area contributed by atoms with Crippen LogP contribution in [0.25, 0.3) is 0 Å². The van der Waals surface area contributed by atoms with Crippen molar-refractivity contribution in [1.82, 2.24) is 0 Å². The van der Waals surface area contributed by atoms with E-state index in [1.165, 1.54) is 6.92 Å². The summed E-state index contributed by atoms with van der Waals surface area (Å²) in [6, 6.07) is 6.96. The highest BCUT2D eigenvalue weighted by atomic mass is 35.6. The molecule has 104 valence electrons. The molecule has 0 saturated heterocycles. The number of rotatable bonds is 4. The monoisotopic (exact) mass is 324 g/mol. The van der Waals surface area contributed by atoms with Crippen molar-refractivity contribution in [3.63, 3.8) is 0 Å². The second-order valence-electron chi connectivity index (χ2n) is 3.67. The first-order chi connectivity index (χ1) is 8.79. The first kappa shape index (κ1) is 16.1. The Morgan fingerprint density at radius 1 is 1.00 bits per heavy atom. The van der Waals surface area contributed by atoms with E-state index in [1.54, 1.807) is 24.3 Å². The van der Waals surface area contributed by atoms with E-state index < -0.39 is 9.76 Å². The number of benzene rings is 1. The normalized spacial score (nSPS) is 10.9. The average Bonchev–Trinajstić information content (AvgIpc) is 2.33. The molecular weight excluding hydrogens is 314 g/mol. The average molecular weight is 326 g/mol. The Bertz CT molecular complexity index is 451. The van der Waals surface area contributed by atoms with Crippen molar-refractivity contribution in [2.24, 2.45) is 0 Å². The first-order valence-electron chi connectivity index (χ1n) is 5.24. The van der Waals surface area contributed by atoms with Crippen LogP contribution in [0.2, 0.25) is 0 Å². The van der Waals surface area contributed by atoms with Gasteiger partial charge in [0, 0.05) is 6.92 Å². The van der Waals surface area contributed by atoms with Crippen molar-refractivity contribution in [2.45, 2.75) is 23.9 Å². The molecule has 0 spiro atoms. The van der Waals surface area contributed by atoms with Gasteiger partial charge in [-0.05, 0) is 11.1 Å². The van der Waals surface area contributed by atoms with Gasteiger partial charge in [0.2, 0.25) is 0 Å². The van der Waals surface area contributed by atoms with Crippen LogP contribution in [0.15, 0.2) is 24.3 Å². The molecule has 0 aliphatic rings. The van der Waals surface area contributed by atoms with Crippen LogP contribution in [0.4, 0.5) is 0 Å². The fraction of sp³-hybridized carbons (Fsp3) is 0.333. The van der Waals surface area contributed by atoms with E-state index in [0.29, 0.717) is 0 Å². The number of hydrogen-bond acceptors (Lipinski definition) is 4. The molecule has 19 heavy (non-hydrogen) atoms. The topological polar surface area (TPSA) is 52.6 Å². The summed E-state index contributed by atoms with van der Waals surface area (Å²) in [7, 11) is 0. The SMILES string of the molecule is CC(=O)OCc1ccc(COC(=O)C(Cl)(Cl)Cl)cc1.